The van der Waals surface area contributed by atoms with Crippen molar-refractivity contribution in [2.24, 2.45) is 11.6 Å². The molecule has 0 fully saturated rings. The minimum absolute atomic E-state index is 0.180. The average molecular weight is 282 g/mol. The van der Waals surface area contributed by atoms with E-state index in [0.29, 0.717) is 16.7 Å². The average Bonchev–Trinajstić information content (AvgIpc) is 2.23. The van der Waals surface area contributed by atoms with Crippen molar-refractivity contribution < 1.29 is 26.8 Å². The number of unbranched alkanes of at least 4 members (excludes halogenated alkanes) is 1. The number of ether oxygens (including phenoxy) is 1. The van der Waals surface area contributed by atoms with Gasteiger partial charge < -0.3 is 4.74 Å². The highest BCUT2D eigenvalue weighted by molar-refractivity contribution is 7.80. The molecule has 0 radical (unpaired) electrons. The Morgan fingerprint density at radius 2 is 2.28 bits per heavy atom. The van der Waals surface area contributed by atoms with Crippen molar-refractivity contribution in [3.63, 3.8) is 0 Å². The fourth-order valence-corrected chi connectivity index (χ4v) is 1.41. The van der Waals surface area contributed by atoms with Crippen LogP contribution in [0, 0.1) is 0 Å². The van der Waals surface area contributed by atoms with Gasteiger partial charge in [-0.05, 0) is 11.6 Å². The number of hydrogen-bond donors (Lipinski definition) is 4. The molecule has 11 heteroatoms. The van der Waals surface area contributed by atoms with Crippen LogP contribution in [0.15, 0.2) is 12.0 Å². The van der Waals surface area contributed by atoms with Crippen LogP contribution in [0.5, 0.6) is 0 Å². The van der Waals surface area contributed by atoms with Gasteiger partial charge in [0.1, 0.15) is 0 Å². The van der Waals surface area contributed by atoms with Crippen molar-refractivity contribution in [3.8, 4) is 0 Å². The first-order chi connectivity index (χ1) is 8.33. The largest absolute Gasteiger partial charge is 0.483 e. The van der Waals surface area contributed by atoms with E-state index >= 15 is 0 Å². The second-order valence-corrected chi connectivity index (χ2v) is 4.37. The van der Waals surface area contributed by atoms with Gasteiger partial charge in [0, 0.05) is 0 Å². The van der Waals surface area contributed by atoms with Crippen LogP contribution >= 0.6 is 0 Å². The number of nitrogens with one attached hydrogen (secondary N) is 1. The minimum atomic E-state index is -4.73. The van der Waals surface area contributed by atoms with E-state index in [2.05, 4.69) is 9.71 Å². The van der Waals surface area contributed by atoms with E-state index in [1.54, 1.807) is 0 Å². The summed E-state index contributed by atoms with van der Waals surface area (Å²) in [6, 6.07) is 0. The normalized spacial score (nSPS) is 16.2. The van der Waals surface area contributed by atoms with Crippen molar-refractivity contribution in [2.75, 3.05) is 6.61 Å². The zero-order chi connectivity index (χ0) is 13.8. The maximum absolute atomic E-state index is 10.5. The molecule has 0 atom stereocenters. The molecule has 0 spiro atoms. The predicted molar refractivity (Wildman–Crippen MR) is 60.2 cm³/mol. The lowest BCUT2D eigenvalue weighted by molar-refractivity contribution is -0.875. The third-order valence-corrected chi connectivity index (χ3v) is 2.17. The van der Waals surface area contributed by atoms with Crippen molar-refractivity contribution in [1.82, 2.24) is 10.7 Å². The predicted octanol–water partition coefficient (Wildman–Crippen LogP) is -1.64. The first-order valence-corrected chi connectivity index (χ1v) is 6.45. The number of nitrogens with zero attached hydrogens (tertiary/aromatic N) is 2. The number of rotatable bonds is 6. The molecule has 0 saturated heterocycles. The molecule has 1 aliphatic heterocycles. The topological polar surface area (TPSA) is 143 Å². The summed E-state index contributed by atoms with van der Waals surface area (Å²) >= 11 is 0. The van der Waals surface area contributed by atoms with Crippen molar-refractivity contribution in [1.29, 1.82) is 0 Å². The number of nitrogens with two attached hydrogens (primary N) is 2. The van der Waals surface area contributed by atoms with E-state index in [1.165, 1.54) is 6.08 Å². The minimum Gasteiger partial charge on any atom is -0.478 e. The Bertz CT molecular complexity index is 459. The van der Waals surface area contributed by atoms with Gasteiger partial charge in [0.05, 0.1) is 17.5 Å². The van der Waals surface area contributed by atoms with Crippen LogP contribution in [0.25, 0.3) is 0 Å². The molecule has 0 aromatic carbocycles. The summed E-state index contributed by atoms with van der Waals surface area (Å²) < 4.78 is 39.0. The number of hydrazone groups is 1. The second-order valence-electron chi connectivity index (χ2n) is 3.37. The van der Waals surface area contributed by atoms with Gasteiger partial charge in [0.25, 0.3) is 0 Å². The van der Waals surface area contributed by atoms with Gasteiger partial charge in [-0.15, -0.1) is 0 Å². The van der Waals surface area contributed by atoms with Gasteiger partial charge in [-0.1, -0.05) is 13.3 Å². The quantitative estimate of drug-likeness (QED) is 0.195. The molecule has 6 N–H and O–H groups in total. The summed E-state index contributed by atoms with van der Waals surface area (Å²) in [6.07, 6.45) is 3.07. The summed E-state index contributed by atoms with van der Waals surface area (Å²) in [5.74, 6) is 5.45. The van der Waals surface area contributed by atoms with Crippen molar-refractivity contribution in [2.45, 2.75) is 19.8 Å². The Morgan fingerprint density at radius 3 is 2.78 bits per heavy atom. The zero-order valence-corrected chi connectivity index (χ0v) is 10.6. The van der Waals surface area contributed by atoms with E-state index in [0.717, 1.165) is 12.8 Å². The first kappa shape index (κ1) is 14.3. The Balaban J connectivity index is 2.77. The summed E-state index contributed by atoms with van der Waals surface area (Å²) in [5.41, 5.74) is 7.95. The molecule has 0 saturated carbocycles. The third-order valence-electron chi connectivity index (χ3n) is 1.84. The lowest BCUT2D eigenvalue weighted by atomic mass is 10.4. The highest BCUT2D eigenvalue weighted by atomic mass is 32.3. The van der Waals surface area contributed by atoms with Crippen LogP contribution in [0.3, 0.4) is 0 Å². The summed E-state index contributed by atoms with van der Waals surface area (Å²) in [5, 5.41) is 0.615. The zero-order valence-electron chi connectivity index (χ0n) is 9.74. The van der Waals surface area contributed by atoms with E-state index < -0.39 is 10.4 Å². The van der Waals surface area contributed by atoms with Crippen LogP contribution in [0.1, 0.15) is 19.8 Å². The molecular formula is C7H16N5O5S+. The molecule has 0 bridgehead atoms. The van der Waals surface area contributed by atoms with E-state index in [4.69, 9.17) is 20.9 Å². The smallest absolute Gasteiger partial charge is 0.478 e. The summed E-state index contributed by atoms with van der Waals surface area (Å²) in [4.78, 5) is 0.446. The summed E-state index contributed by atoms with van der Waals surface area (Å²) in [7, 11) is -4.73. The van der Waals surface area contributed by atoms with Gasteiger partial charge in [0.2, 0.25) is 5.88 Å². The van der Waals surface area contributed by atoms with Gasteiger partial charge in [0.15, 0.2) is 0 Å². The van der Waals surface area contributed by atoms with E-state index in [-0.39, 0.29) is 11.7 Å². The standard InChI is InChI=1S/C7H15N5O5S/c1-2-3-4-16-7-5-6(8)11(12(9)10-7)17-18(13,14)15/h5H,2-4,9H2,1H3,(H3,8,10,13,14,15)/p+1. The van der Waals surface area contributed by atoms with Gasteiger partial charge in [-0.3, -0.25) is 10.3 Å². The van der Waals surface area contributed by atoms with Crippen LogP contribution < -0.4 is 17.0 Å². The number of hydrazine groups is 3. The Kier molecular flexibility index (Phi) is 4.58. The van der Waals surface area contributed by atoms with Crippen LogP contribution in [-0.2, 0) is 19.4 Å². The molecule has 10 nitrogen and oxygen atoms in total. The SMILES string of the molecule is CCCCOC1=CC(N)=[N+](OS(=O)(=O)O)N(N)N1. The number of amidine groups is 1. The lowest BCUT2D eigenvalue weighted by Crippen LogP contribution is -2.56. The molecule has 1 rings (SSSR count). The van der Waals surface area contributed by atoms with Crippen molar-refractivity contribution >= 4 is 16.2 Å². The van der Waals surface area contributed by atoms with E-state index in [1.807, 2.05) is 6.92 Å². The van der Waals surface area contributed by atoms with Gasteiger partial charge >= 0.3 is 16.2 Å². The molecule has 1 heterocycles. The maximum Gasteiger partial charge on any atom is 0.483 e. The highest BCUT2D eigenvalue weighted by Gasteiger charge is 2.28. The monoisotopic (exact) mass is 282 g/mol. The molecule has 0 aromatic rings. The molecule has 0 unspecified atom stereocenters. The van der Waals surface area contributed by atoms with Crippen LogP contribution in [-0.4, -0.2) is 35.5 Å². The Labute approximate surface area is 104 Å². The van der Waals surface area contributed by atoms with Crippen molar-refractivity contribution in [3.05, 3.63) is 12.0 Å². The highest BCUT2D eigenvalue weighted by Crippen LogP contribution is 2.03. The molecule has 18 heavy (non-hydrogen) atoms. The molecule has 104 valence electrons. The Hall–Kier alpha value is -1.72. The molecular weight excluding hydrogens is 266 g/mol. The Morgan fingerprint density at radius 1 is 1.61 bits per heavy atom. The van der Waals surface area contributed by atoms with Gasteiger partial charge in [-0.2, -0.15) is 18.5 Å². The lowest BCUT2D eigenvalue weighted by Gasteiger charge is -2.22. The van der Waals surface area contributed by atoms with E-state index in [9.17, 15) is 8.42 Å². The second kappa shape index (κ2) is 5.75. The first-order valence-electron chi connectivity index (χ1n) is 5.09. The maximum atomic E-state index is 10.5. The van der Waals surface area contributed by atoms with Crippen LogP contribution in [0.2, 0.25) is 0 Å². The van der Waals surface area contributed by atoms with Crippen LogP contribution in [0.4, 0.5) is 0 Å². The molecule has 0 amide bonds. The molecule has 1 aliphatic rings. The molecule has 0 aliphatic carbocycles. The van der Waals surface area contributed by atoms with Gasteiger partial charge in [-0.25, -0.2) is 5.43 Å². The third kappa shape index (κ3) is 4.27. The number of hydrogen-bond acceptors (Lipinski definition) is 8. The fraction of sp³-hybridized carbons (Fsp3) is 0.571. The summed E-state index contributed by atoms with van der Waals surface area (Å²) in [6.45, 7) is 2.46. The molecule has 0 aromatic heterocycles. The fourth-order valence-electron chi connectivity index (χ4n) is 1.07.